The molecule has 1 aliphatic heterocycles. The Labute approximate surface area is 129 Å². The first-order valence-corrected chi connectivity index (χ1v) is 8.45. The summed E-state index contributed by atoms with van der Waals surface area (Å²) in [5, 5.41) is 1.21. The first-order chi connectivity index (χ1) is 10.3. The average molecular weight is 294 g/mol. The molecule has 0 saturated carbocycles. The van der Waals surface area contributed by atoms with Gasteiger partial charge < -0.3 is 4.42 Å². The zero-order valence-electron chi connectivity index (χ0n) is 12.3. The number of benzene rings is 2. The molecule has 3 aromatic rings. The highest BCUT2D eigenvalue weighted by atomic mass is 32.2. The number of hydrogen-bond donors (Lipinski definition) is 0. The van der Waals surface area contributed by atoms with Gasteiger partial charge in [-0.15, -0.1) is 11.8 Å². The van der Waals surface area contributed by atoms with E-state index in [-0.39, 0.29) is 0 Å². The van der Waals surface area contributed by atoms with Crippen molar-refractivity contribution in [2.75, 3.05) is 0 Å². The molecule has 1 nitrogen and oxygen atoms in total. The van der Waals surface area contributed by atoms with Crippen molar-refractivity contribution in [2.45, 2.75) is 30.4 Å². The predicted molar refractivity (Wildman–Crippen MR) is 88.9 cm³/mol. The van der Waals surface area contributed by atoms with Gasteiger partial charge in [-0.3, -0.25) is 0 Å². The van der Waals surface area contributed by atoms with Crippen molar-refractivity contribution < 1.29 is 4.42 Å². The van der Waals surface area contributed by atoms with Crippen LogP contribution in [-0.2, 0) is 5.75 Å². The fraction of sp³-hybridized carbons (Fsp3) is 0.263. The molecule has 4 rings (SSSR count). The first-order valence-electron chi connectivity index (χ1n) is 7.46. The third-order valence-electron chi connectivity index (χ3n) is 4.37. The molecule has 0 aliphatic carbocycles. The van der Waals surface area contributed by atoms with Gasteiger partial charge in [0.2, 0.25) is 0 Å². The molecular weight excluding hydrogens is 276 g/mol. The second-order valence-electron chi connectivity index (χ2n) is 6.03. The summed E-state index contributed by atoms with van der Waals surface area (Å²) in [5.41, 5.74) is 5.32. The van der Waals surface area contributed by atoms with Crippen molar-refractivity contribution in [1.29, 1.82) is 0 Å². The van der Waals surface area contributed by atoms with Gasteiger partial charge in [0.05, 0.1) is 6.26 Å². The van der Waals surface area contributed by atoms with E-state index < -0.39 is 0 Å². The fourth-order valence-corrected chi connectivity index (χ4v) is 4.53. The first kappa shape index (κ1) is 13.0. The van der Waals surface area contributed by atoms with Gasteiger partial charge in [-0.2, -0.15) is 0 Å². The van der Waals surface area contributed by atoms with Crippen LogP contribution in [0.4, 0.5) is 0 Å². The summed E-state index contributed by atoms with van der Waals surface area (Å²) in [5.74, 6) is 1.96. The standard InChI is InChI=1S/C19H18OS/c1-12(2)17-15-5-3-4-6-16(15)21-11-14-8-7-13-9-10-20-19(13)18(14)17/h3-10,12,17H,11H2,1-2H3. The van der Waals surface area contributed by atoms with Crippen molar-refractivity contribution in [1.82, 2.24) is 0 Å². The van der Waals surface area contributed by atoms with Gasteiger partial charge in [-0.1, -0.05) is 44.2 Å². The maximum absolute atomic E-state index is 5.86. The third-order valence-corrected chi connectivity index (χ3v) is 5.50. The summed E-state index contributed by atoms with van der Waals surface area (Å²) in [7, 11) is 0. The van der Waals surface area contributed by atoms with Gasteiger partial charge >= 0.3 is 0 Å². The lowest BCUT2D eigenvalue weighted by molar-refractivity contribution is 0.542. The van der Waals surface area contributed by atoms with Crippen LogP contribution in [0.3, 0.4) is 0 Å². The largest absolute Gasteiger partial charge is 0.464 e. The Bertz CT molecular complexity index is 800. The number of rotatable bonds is 1. The number of fused-ring (bicyclic) bond motifs is 4. The molecule has 0 radical (unpaired) electrons. The lowest BCUT2D eigenvalue weighted by Crippen LogP contribution is -2.10. The Hall–Kier alpha value is -1.67. The van der Waals surface area contributed by atoms with Crippen LogP contribution in [0.25, 0.3) is 11.0 Å². The maximum atomic E-state index is 5.86. The monoisotopic (exact) mass is 294 g/mol. The van der Waals surface area contributed by atoms with E-state index in [9.17, 15) is 0 Å². The second-order valence-corrected chi connectivity index (χ2v) is 7.04. The minimum Gasteiger partial charge on any atom is -0.464 e. The normalized spacial score (nSPS) is 17.6. The van der Waals surface area contributed by atoms with Gasteiger partial charge in [0, 0.05) is 27.5 Å². The molecule has 106 valence electrons. The van der Waals surface area contributed by atoms with Gasteiger partial charge in [-0.25, -0.2) is 0 Å². The topological polar surface area (TPSA) is 13.1 Å². The van der Waals surface area contributed by atoms with Gasteiger partial charge in [-0.05, 0) is 29.2 Å². The summed E-state index contributed by atoms with van der Waals surface area (Å²) in [6.45, 7) is 4.62. The van der Waals surface area contributed by atoms with Crippen LogP contribution in [0.1, 0.15) is 36.5 Å². The molecule has 1 aromatic heterocycles. The maximum Gasteiger partial charge on any atom is 0.137 e. The van der Waals surface area contributed by atoms with Gasteiger partial charge in [0.25, 0.3) is 0 Å². The lowest BCUT2D eigenvalue weighted by Gasteiger charge is -2.23. The summed E-state index contributed by atoms with van der Waals surface area (Å²) in [6, 6.07) is 15.4. The van der Waals surface area contributed by atoms with Crippen LogP contribution in [-0.4, -0.2) is 0 Å². The van der Waals surface area contributed by atoms with Crippen LogP contribution < -0.4 is 0 Å². The molecule has 21 heavy (non-hydrogen) atoms. The Morgan fingerprint density at radius 1 is 1.10 bits per heavy atom. The molecule has 0 fully saturated rings. The SMILES string of the molecule is CC(C)C1c2ccccc2SCc2ccc3ccoc3c21. The van der Waals surface area contributed by atoms with Crippen LogP contribution in [0.2, 0.25) is 0 Å². The molecule has 1 aliphatic rings. The van der Waals surface area contributed by atoms with Crippen molar-refractivity contribution >= 4 is 22.7 Å². The van der Waals surface area contributed by atoms with Crippen molar-refractivity contribution in [2.24, 2.45) is 5.92 Å². The molecule has 2 heterocycles. The fourth-order valence-electron chi connectivity index (χ4n) is 3.43. The predicted octanol–water partition coefficient (Wildman–Crippen LogP) is 5.83. The molecule has 0 amide bonds. The third kappa shape index (κ3) is 2.01. The summed E-state index contributed by atoms with van der Waals surface area (Å²) >= 11 is 1.94. The molecule has 2 heteroatoms. The number of hydrogen-bond acceptors (Lipinski definition) is 2. The van der Waals surface area contributed by atoms with Gasteiger partial charge in [0.15, 0.2) is 0 Å². The molecule has 2 aromatic carbocycles. The quantitative estimate of drug-likeness (QED) is 0.560. The van der Waals surface area contributed by atoms with E-state index in [1.54, 1.807) is 0 Å². The molecule has 1 unspecified atom stereocenters. The highest BCUT2D eigenvalue weighted by Gasteiger charge is 2.29. The Morgan fingerprint density at radius 2 is 1.95 bits per heavy atom. The van der Waals surface area contributed by atoms with E-state index in [2.05, 4.69) is 56.3 Å². The van der Waals surface area contributed by atoms with Crippen molar-refractivity contribution in [3.63, 3.8) is 0 Å². The van der Waals surface area contributed by atoms with Crippen LogP contribution in [0.15, 0.2) is 58.0 Å². The average Bonchev–Trinajstić information content (AvgIpc) is 2.89. The molecule has 0 bridgehead atoms. The number of furan rings is 1. The highest BCUT2D eigenvalue weighted by molar-refractivity contribution is 7.98. The minimum absolute atomic E-state index is 0.404. The zero-order chi connectivity index (χ0) is 14.4. The Morgan fingerprint density at radius 3 is 2.81 bits per heavy atom. The van der Waals surface area contributed by atoms with E-state index >= 15 is 0 Å². The summed E-state index contributed by atoms with van der Waals surface area (Å²) in [6.07, 6.45) is 1.81. The van der Waals surface area contributed by atoms with E-state index in [0.717, 1.165) is 11.3 Å². The van der Waals surface area contributed by atoms with Crippen LogP contribution in [0, 0.1) is 5.92 Å². The van der Waals surface area contributed by atoms with E-state index in [1.807, 2.05) is 18.0 Å². The van der Waals surface area contributed by atoms with Gasteiger partial charge in [0.1, 0.15) is 5.58 Å². The number of thioether (sulfide) groups is 1. The van der Waals surface area contributed by atoms with Crippen LogP contribution in [0.5, 0.6) is 0 Å². The molecule has 1 atom stereocenters. The summed E-state index contributed by atoms with van der Waals surface area (Å²) < 4.78 is 5.86. The van der Waals surface area contributed by atoms with E-state index in [1.165, 1.54) is 27.0 Å². The second kappa shape index (κ2) is 4.96. The molecule has 0 spiro atoms. The molecule has 0 saturated heterocycles. The molecular formula is C19H18OS. The lowest BCUT2D eigenvalue weighted by atomic mass is 9.80. The molecule has 0 N–H and O–H groups in total. The van der Waals surface area contributed by atoms with E-state index in [0.29, 0.717) is 11.8 Å². The smallest absolute Gasteiger partial charge is 0.137 e. The Balaban J connectivity index is 2.06. The minimum atomic E-state index is 0.404. The summed E-state index contributed by atoms with van der Waals surface area (Å²) in [4.78, 5) is 1.41. The highest BCUT2D eigenvalue weighted by Crippen LogP contribution is 2.46. The van der Waals surface area contributed by atoms with E-state index in [4.69, 9.17) is 4.42 Å². The van der Waals surface area contributed by atoms with Crippen LogP contribution >= 0.6 is 11.8 Å². The van der Waals surface area contributed by atoms with Crippen molar-refractivity contribution in [3.05, 3.63) is 65.4 Å². The zero-order valence-corrected chi connectivity index (χ0v) is 13.1. The van der Waals surface area contributed by atoms with Crippen molar-refractivity contribution in [3.8, 4) is 0 Å². The Kier molecular flexibility index (Phi) is 3.07.